The van der Waals surface area contributed by atoms with Crippen LogP contribution in [0.25, 0.3) is 0 Å². The quantitative estimate of drug-likeness (QED) is 0.775. The number of ether oxygens (including phenoxy) is 1. The zero-order chi connectivity index (χ0) is 21.0. The molecule has 29 heavy (non-hydrogen) atoms. The van der Waals surface area contributed by atoms with Crippen molar-refractivity contribution in [1.82, 2.24) is 0 Å². The molecule has 156 valence electrons. The molecule has 1 aliphatic rings. The van der Waals surface area contributed by atoms with Crippen LogP contribution in [0.5, 0.6) is 0 Å². The minimum absolute atomic E-state index is 0.266. The van der Waals surface area contributed by atoms with Gasteiger partial charge in [-0.25, -0.2) is 12.8 Å². The lowest BCUT2D eigenvalue weighted by molar-refractivity contribution is -0.114. The first-order valence-electron chi connectivity index (χ1n) is 9.21. The monoisotopic (exact) mass is 421 g/mol. The number of halogens is 1. The molecule has 0 radical (unpaired) electrons. The Bertz CT molecular complexity index is 991. The van der Waals surface area contributed by atoms with Crippen molar-refractivity contribution in [1.29, 1.82) is 0 Å². The highest BCUT2D eigenvalue weighted by Crippen LogP contribution is 2.25. The number of sulfonamides is 1. The Hall–Kier alpha value is -2.65. The number of amides is 1. The second kappa shape index (κ2) is 8.79. The smallest absolute Gasteiger partial charge is 0.245 e. The van der Waals surface area contributed by atoms with Gasteiger partial charge in [0, 0.05) is 18.8 Å². The number of hydrogen-bond acceptors (Lipinski definition) is 5. The molecular formula is C20H24FN3O4S. The molecular weight excluding hydrogens is 397 g/mol. The highest BCUT2D eigenvalue weighted by atomic mass is 32.2. The van der Waals surface area contributed by atoms with Crippen molar-refractivity contribution < 1.29 is 22.3 Å². The molecule has 1 fully saturated rings. The van der Waals surface area contributed by atoms with Gasteiger partial charge in [-0.3, -0.25) is 9.10 Å². The van der Waals surface area contributed by atoms with Crippen molar-refractivity contribution in [3.63, 3.8) is 0 Å². The number of aryl methyl sites for hydroxylation is 1. The SMILES string of the molecule is Cc1ccccc1N(CC(=O)Nc1ccc(N2CCOCC2)c(F)c1)S(C)(=O)=O. The number of para-hydroxylation sites is 1. The Morgan fingerprint density at radius 2 is 1.90 bits per heavy atom. The molecule has 3 rings (SSSR count). The fourth-order valence-electron chi connectivity index (χ4n) is 3.20. The second-order valence-electron chi connectivity index (χ2n) is 6.87. The molecule has 0 saturated carbocycles. The van der Waals surface area contributed by atoms with E-state index in [1.54, 1.807) is 43.3 Å². The highest BCUT2D eigenvalue weighted by Gasteiger charge is 2.22. The first kappa shape index (κ1) is 21.1. The maximum atomic E-state index is 14.5. The average molecular weight is 421 g/mol. The molecule has 0 bridgehead atoms. The number of anilines is 3. The summed E-state index contributed by atoms with van der Waals surface area (Å²) in [5.74, 6) is -1.01. The van der Waals surface area contributed by atoms with E-state index in [2.05, 4.69) is 5.32 Å². The van der Waals surface area contributed by atoms with Crippen LogP contribution in [-0.2, 0) is 19.6 Å². The van der Waals surface area contributed by atoms with Crippen LogP contribution in [0.1, 0.15) is 5.56 Å². The van der Waals surface area contributed by atoms with Gasteiger partial charge in [-0.1, -0.05) is 18.2 Å². The van der Waals surface area contributed by atoms with Crippen molar-refractivity contribution in [2.45, 2.75) is 6.92 Å². The minimum atomic E-state index is -3.68. The number of nitrogens with zero attached hydrogens (tertiary/aromatic N) is 2. The molecule has 0 aromatic heterocycles. The molecule has 0 spiro atoms. The van der Waals surface area contributed by atoms with E-state index in [0.29, 0.717) is 37.7 Å². The molecule has 1 N–H and O–H groups in total. The Morgan fingerprint density at radius 3 is 2.52 bits per heavy atom. The van der Waals surface area contributed by atoms with E-state index >= 15 is 0 Å². The third kappa shape index (κ3) is 5.24. The molecule has 9 heteroatoms. The van der Waals surface area contributed by atoms with Crippen molar-refractivity contribution in [2.75, 3.05) is 53.6 Å². The standard InChI is InChI=1S/C20H24FN3O4S/c1-15-5-3-4-6-18(15)24(29(2,26)27)14-20(25)22-16-7-8-19(17(21)13-16)23-9-11-28-12-10-23/h3-8,13H,9-12,14H2,1-2H3,(H,22,25). The lowest BCUT2D eigenvalue weighted by Crippen LogP contribution is -2.38. The van der Waals surface area contributed by atoms with E-state index in [0.717, 1.165) is 16.1 Å². The normalized spacial score (nSPS) is 14.5. The predicted octanol–water partition coefficient (Wildman–Crippen LogP) is 2.38. The fourth-order valence-corrected chi connectivity index (χ4v) is 4.11. The number of carbonyl (C=O) groups is 1. The zero-order valence-corrected chi connectivity index (χ0v) is 17.2. The number of carbonyl (C=O) groups excluding carboxylic acids is 1. The summed E-state index contributed by atoms with van der Waals surface area (Å²) < 4.78 is 45.3. The highest BCUT2D eigenvalue weighted by molar-refractivity contribution is 7.92. The summed E-state index contributed by atoms with van der Waals surface area (Å²) in [5, 5.41) is 2.58. The van der Waals surface area contributed by atoms with Gasteiger partial charge in [-0.15, -0.1) is 0 Å². The van der Waals surface area contributed by atoms with Gasteiger partial charge in [0.25, 0.3) is 0 Å². The Balaban J connectivity index is 1.73. The van der Waals surface area contributed by atoms with Crippen LogP contribution in [0.3, 0.4) is 0 Å². The number of rotatable bonds is 6. The third-order valence-electron chi connectivity index (χ3n) is 4.65. The number of hydrogen-bond donors (Lipinski definition) is 1. The summed E-state index contributed by atoms with van der Waals surface area (Å²) in [5.41, 5.74) is 1.87. The van der Waals surface area contributed by atoms with Crippen LogP contribution in [0.2, 0.25) is 0 Å². The van der Waals surface area contributed by atoms with Gasteiger partial charge in [0.1, 0.15) is 12.4 Å². The molecule has 2 aromatic rings. The molecule has 1 heterocycles. The van der Waals surface area contributed by atoms with Gasteiger partial charge in [0.2, 0.25) is 15.9 Å². The van der Waals surface area contributed by atoms with Crippen molar-refractivity contribution in [2.24, 2.45) is 0 Å². The average Bonchev–Trinajstić information content (AvgIpc) is 2.67. The number of nitrogens with one attached hydrogen (secondary N) is 1. The van der Waals surface area contributed by atoms with Crippen LogP contribution >= 0.6 is 0 Å². The largest absolute Gasteiger partial charge is 0.378 e. The van der Waals surface area contributed by atoms with Crippen molar-refractivity contribution in [3.05, 3.63) is 53.8 Å². The maximum absolute atomic E-state index is 14.5. The summed E-state index contributed by atoms with van der Waals surface area (Å²) in [7, 11) is -3.68. The first-order chi connectivity index (χ1) is 13.8. The minimum Gasteiger partial charge on any atom is -0.378 e. The molecule has 1 saturated heterocycles. The van der Waals surface area contributed by atoms with Gasteiger partial charge in [0.15, 0.2) is 0 Å². The molecule has 2 aromatic carbocycles. The predicted molar refractivity (Wildman–Crippen MR) is 111 cm³/mol. The number of morpholine rings is 1. The summed E-state index contributed by atoms with van der Waals surface area (Å²) >= 11 is 0. The van der Waals surface area contributed by atoms with E-state index in [-0.39, 0.29) is 5.69 Å². The molecule has 0 aliphatic carbocycles. The van der Waals surface area contributed by atoms with Gasteiger partial charge in [-0.2, -0.15) is 0 Å². The Kier molecular flexibility index (Phi) is 6.39. The van der Waals surface area contributed by atoms with Gasteiger partial charge < -0.3 is 15.0 Å². The van der Waals surface area contributed by atoms with E-state index < -0.39 is 28.3 Å². The van der Waals surface area contributed by atoms with Crippen molar-refractivity contribution in [3.8, 4) is 0 Å². The summed E-state index contributed by atoms with van der Waals surface area (Å²) in [6.07, 6.45) is 1.05. The van der Waals surface area contributed by atoms with E-state index in [4.69, 9.17) is 4.74 Å². The molecule has 1 aliphatic heterocycles. The summed E-state index contributed by atoms with van der Waals surface area (Å²) in [6.45, 7) is 3.64. The van der Waals surface area contributed by atoms with Crippen molar-refractivity contribution >= 4 is 33.0 Å². The summed E-state index contributed by atoms with van der Waals surface area (Å²) in [6, 6.07) is 11.3. The summed E-state index contributed by atoms with van der Waals surface area (Å²) in [4.78, 5) is 14.4. The van der Waals surface area contributed by atoms with Crippen LogP contribution in [0.15, 0.2) is 42.5 Å². The van der Waals surface area contributed by atoms with E-state index in [1.165, 1.54) is 6.07 Å². The lowest BCUT2D eigenvalue weighted by Gasteiger charge is -2.29. The van der Waals surface area contributed by atoms with Gasteiger partial charge in [-0.05, 0) is 36.8 Å². The van der Waals surface area contributed by atoms with Crippen LogP contribution in [0, 0.1) is 12.7 Å². The topological polar surface area (TPSA) is 79.0 Å². The maximum Gasteiger partial charge on any atom is 0.245 e. The second-order valence-corrected chi connectivity index (χ2v) is 8.78. The lowest BCUT2D eigenvalue weighted by atomic mass is 10.2. The van der Waals surface area contributed by atoms with Crippen LogP contribution in [0.4, 0.5) is 21.5 Å². The first-order valence-corrected chi connectivity index (χ1v) is 11.1. The molecule has 0 unspecified atom stereocenters. The zero-order valence-electron chi connectivity index (χ0n) is 16.4. The molecule has 1 amide bonds. The van der Waals surface area contributed by atoms with E-state index in [1.807, 2.05) is 4.90 Å². The Labute approximate surface area is 170 Å². The van der Waals surface area contributed by atoms with E-state index in [9.17, 15) is 17.6 Å². The van der Waals surface area contributed by atoms with Gasteiger partial charge in [0.05, 0.1) is 30.8 Å². The Morgan fingerprint density at radius 1 is 1.21 bits per heavy atom. The van der Waals surface area contributed by atoms with Crippen LogP contribution < -0.4 is 14.5 Å². The van der Waals surface area contributed by atoms with Gasteiger partial charge >= 0.3 is 0 Å². The third-order valence-corrected chi connectivity index (χ3v) is 5.78. The molecule has 0 atom stereocenters. The fraction of sp³-hybridized carbons (Fsp3) is 0.350. The molecule has 7 nitrogen and oxygen atoms in total. The van der Waals surface area contributed by atoms with Crippen LogP contribution in [-0.4, -0.2) is 53.4 Å². The number of benzene rings is 2.